The number of hydrogen-bond acceptors (Lipinski definition) is 3. The Kier molecular flexibility index (Phi) is 5.11. The SMILES string of the molecule is CCC(C)[C@H](c1ccc(F)c(C#N)c1)N1CCNCC1. The molecular weight excluding hydrogens is 253 g/mol. The molecule has 4 heteroatoms. The molecule has 108 valence electrons. The molecule has 3 nitrogen and oxygen atoms in total. The molecule has 20 heavy (non-hydrogen) atoms. The van der Waals surface area contributed by atoms with E-state index in [0.717, 1.165) is 38.2 Å². The molecule has 1 aromatic carbocycles. The summed E-state index contributed by atoms with van der Waals surface area (Å²) >= 11 is 0. The summed E-state index contributed by atoms with van der Waals surface area (Å²) in [6, 6.07) is 7.17. The fourth-order valence-electron chi connectivity index (χ4n) is 2.90. The summed E-state index contributed by atoms with van der Waals surface area (Å²) in [6.07, 6.45) is 1.06. The summed E-state index contributed by atoms with van der Waals surface area (Å²) in [6.45, 7) is 8.36. The third-order valence-corrected chi connectivity index (χ3v) is 4.18. The first-order valence-electron chi connectivity index (χ1n) is 7.31. The van der Waals surface area contributed by atoms with Gasteiger partial charge >= 0.3 is 0 Å². The molecule has 1 aliphatic heterocycles. The van der Waals surface area contributed by atoms with Gasteiger partial charge in [-0.1, -0.05) is 26.3 Å². The second kappa shape index (κ2) is 6.83. The van der Waals surface area contributed by atoms with Crippen LogP contribution in [-0.4, -0.2) is 31.1 Å². The lowest BCUT2D eigenvalue weighted by Gasteiger charge is -2.38. The minimum Gasteiger partial charge on any atom is -0.314 e. The van der Waals surface area contributed by atoms with Crippen LogP contribution in [0.5, 0.6) is 0 Å². The van der Waals surface area contributed by atoms with Crippen molar-refractivity contribution in [3.8, 4) is 6.07 Å². The standard InChI is InChI=1S/C16H22FN3/c1-3-12(2)16(20-8-6-19-7-9-20)13-4-5-15(17)14(10-13)11-18/h4-5,10,12,16,19H,3,6-9H2,1-2H3/t12?,16-/m1/s1. The molecule has 0 spiro atoms. The van der Waals surface area contributed by atoms with E-state index >= 15 is 0 Å². The van der Waals surface area contributed by atoms with Crippen molar-refractivity contribution >= 4 is 0 Å². The molecule has 1 aromatic rings. The molecule has 1 aliphatic rings. The Morgan fingerprint density at radius 2 is 2.10 bits per heavy atom. The molecule has 1 heterocycles. The second-order valence-corrected chi connectivity index (χ2v) is 5.47. The van der Waals surface area contributed by atoms with Gasteiger partial charge in [0.05, 0.1) is 5.56 Å². The first-order valence-corrected chi connectivity index (χ1v) is 7.31. The average molecular weight is 275 g/mol. The largest absolute Gasteiger partial charge is 0.314 e. The minimum atomic E-state index is -0.431. The van der Waals surface area contributed by atoms with Crippen LogP contribution in [0.15, 0.2) is 18.2 Å². The molecule has 2 rings (SSSR count). The number of nitrogens with zero attached hydrogens (tertiary/aromatic N) is 2. The van der Waals surface area contributed by atoms with E-state index in [2.05, 4.69) is 24.1 Å². The fraction of sp³-hybridized carbons (Fsp3) is 0.562. The van der Waals surface area contributed by atoms with Crippen LogP contribution in [0.1, 0.15) is 37.4 Å². The van der Waals surface area contributed by atoms with Gasteiger partial charge in [-0.2, -0.15) is 5.26 Å². The molecule has 0 aliphatic carbocycles. The molecule has 1 N–H and O–H groups in total. The van der Waals surface area contributed by atoms with Crippen molar-refractivity contribution in [1.29, 1.82) is 5.26 Å². The predicted octanol–water partition coefficient (Wildman–Crippen LogP) is 2.69. The lowest BCUT2D eigenvalue weighted by molar-refractivity contribution is 0.128. The van der Waals surface area contributed by atoms with Gasteiger partial charge in [-0.25, -0.2) is 4.39 Å². The number of hydrogen-bond donors (Lipinski definition) is 1. The number of halogens is 1. The predicted molar refractivity (Wildman–Crippen MR) is 77.8 cm³/mol. The van der Waals surface area contributed by atoms with Crippen LogP contribution in [0.3, 0.4) is 0 Å². The lowest BCUT2D eigenvalue weighted by atomic mass is 9.89. The third kappa shape index (κ3) is 3.17. The summed E-state index contributed by atoms with van der Waals surface area (Å²) in [4.78, 5) is 2.44. The van der Waals surface area contributed by atoms with Gasteiger partial charge in [0.25, 0.3) is 0 Å². The number of rotatable bonds is 4. The minimum absolute atomic E-state index is 0.144. The molecule has 1 saturated heterocycles. The number of nitrogens with one attached hydrogen (secondary N) is 1. The van der Waals surface area contributed by atoms with Gasteiger partial charge < -0.3 is 5.32 Å². The van der Waals surface area contributed by atoms with E-state index < -0.39 is 5.82 Å². The van der Waals surface area contributed by atoms with Gasteiger partial charge in [0, 0.05) is 32.2 Å². The molecule has 0 aromatic heterocycles. The first-order chi connectivity index (χ1) is 9.67. The fourth-order valence-corrected chi connectivity index (χ4v) is 2.90. The molecule has 2 atom stereocenters. The highest BCUT2D eigenvalue weighted by Gasteiger charge is 2.26. The van der Waals surface area contributed by atoms with Crippen LogP contribution in [0.2, 0.25) is 0 Å². The van der Waals surface area contributed by atoms with Crippen LogP contribution in [0, 0.1) is 23.1 Å². The molecule has 0 bridgehead atoms. The van der Waals surface area contributed by atoms with E-state index in [4.69, 9.17) is 5.26 Å². The monoisotopic (exact) mass is 275 g/mol. The summed E-state index contributed by atoms with van der Waals surface area (Å²) in [5.74, 6) is 0.0459. The summed E-state index contributed by atoms with van der Waals surface area (Å²) in [5, 5.41) is 12.4. The third-order valence-electron chi connectivity index (χ3n) is 4.18. The Bertz CT molecular complexity index is 489. The molecule has 1 unspecified atom stereocenters. The Balaban J connectivity index is 2.33. The van der Waals surface area contributed by atoms with Gasteiger partial charge in [0.1, 0.15) is 11.9 Å². The maximum atomic E-state index is 13.5. The van der Waals surface area contributed by atoms with Gasteiger partial charge in [0.15, 0.2) is 0 Å². The van der Waals surface area contributed by atoms with Gasteiger partial charge in [-0.3, -0.25) is 4.90 Å². The van der Waals surface area contributed by atoms with Gasteiger partial charge in [0.2, 0.25) is 0 Å². The second-order valence-electron chi connectivity index (χ2n) is 5.47. The molecular formula is C16H22FN3. The van der Waals surface area contributed by atoms with Crippen molar-refractivity contribution < 1.29 is 4.39 Å². The zero-order valence-corrected chi connectivity index (χ0v) is 12.2. The van der Waals surface area contributed by atoms with Crippen molar-refractivity contribution in [2.45, 2.75) is 26.3 Å². The highest BCUT2D eigenvalue weighted by atomic mass is 19.1. The Morgan fingerprint density at radius 1 is 1.40 bits per heavy atom. The van der Waals surface area contributed by atoms with Crippen molar-refractivity contribution in [2.24, 2.45) is 5.92 Å². The van der Waals surface area contributed by atoms with Crippen LogP contribution >= 0.6 is 0 Å². The molecule has 0 saturated carbocycles. The van der Waals surface area contributed by atoms with E-state index in [1.807, 2.05) is 12.1 Å². The van der Waals surface area contributed by atoms with E-state index in [-0.39, 0.29) is 11.6 Å². The molecule has 0 amide bonds. The smallest absolute Gasteiger partial charge is 0.140 e. The Morgan fingerprint density at radius 3 is 2.70 bits per heavy atom. The summed E-state index contributed by atoms with van der Waals surface area (Å²) in [5.41, 5.74) is 1.20. The van der Waals surface area contributed by atoms with Crippen LogP contribution in [-0.2, 0) is 0 Å². The van der Waals surface area contributed by atoms with Crippen LogP contribution in [0.4, 0.5) is 4.39 Å². The van der Waals surface area contributed by atoms with Crippen LogP contribution in [0.25, 0.3) is 0 Å². The Labute approximate surface area is 120 Å². The lowest BCUT2D eigenvalue weighted by Crippen LogP contribution is -2.46. The highest BCUT2D eigenvalue weighted by Crippen LogP contribution is 2.31. The Hall–Kier alpha value is -1.44. The maximum absolute atomic E-state index is 13.5. The number of benzene rings is 1. The first kappa shape index (κ1) is 15.0. The van der Waals surface area contributed by atoms with Gasteiger partial charge in [-0.15, -0.1) is 0 Å². The van der Waals surface area contributed by atoms with E-state index in [1.165, 1.54) is 6.07 Å². The van der Waals surface area contributed by atoms with E-state index in [9.17, 15) is 4.39 Å². The zero-order chi connectivity index (χ0) is 14.5. The zero-order valence-electron chi connectivity index (χ0n) is 12.2. The normalized spacial score (nSPS) is 19.3. The van der Waals surface area contributed by atoms with Gasteiger partial charge in [-0.05, 0) is 23.6 Å². The number of piperazine rings is 1. The summed E-state index contributed by atoms with van der Waals surface area (Å²) in [7, 11) is 0. The average Bonchev–Trinajstić information content (AvgIpc) is 2.50. The van der Waals surface area contributed by atoms with Crippen molar-refractivity contribution in [3.05, 3.63) is 35.1 Å². The van der Waals surface area contributed by atoms with Crippen molar-refractivity contribution in [1.82, 2.24) is 10.2 Å². The van der Waals surface area contributed by atoms with Crippen molar-refractivity contribution in [2.75, 3.05) is 26.2 Å². The van der Waals surface area contributed by atoms with E-state index in [1.54, 1.807) is 6.07 Å². The summed E-state index contributed by atoms with van der Waals surface area (Å²) < 4.78 is 13.5. The topological polar surface area (TPSA) is 39.1 Å². The maximum Gasteiger partial charge on any atom is 0.140 e. The van der Waals surface area contributed by atoms with E-state index in [0.29, 0.717) is 5.92 Å². The molecule has 0 radical (unpaired) electrons. The quantitative estimate of drug-likeness (QED) is 0.918. The molecule has 1 fully saturated rings. The highest BCUT2D eigenvalue weighted by molar-refractivity contribution is 5.36. The van der Waals surface area contributed by atoms with Crippen molar-refractivity contribution in [3.63, 3.8) is 0 Å². The number of nitriles is 1. The van der Waals surface area contributed by atoms with Crippen LogP contribution < -0.4 is 5.32 Å².